The third-order valence-electron chi connectivity index (χ3n) is 4.53. The molecule has 2 amide bonds. The number of halogens is 1. The van der Waals surface area contributed by atoms with Gasteiger partial charge in [0.1, 0.15) is 6.04 Å². The molecule has 2 aromatic rings. The molecule has 0 radical (unpaired) electrons. The maximum atomic E-state index is 12.9. The Morgan fingerprint density at radius 1 is 1.04 bits per heavy atom. The van der Waals surface area contributed by atoms with Crippen LogP contribution in [0.2, 0.25) is 0 Å². The third-order valence-corrected chi connectivity index (χ3v) is 5.05. The van der Waals surface area contributed by atoms with Gasteiger partial charge in [-0.25, -0.2) is 0 Å². The second kappa shape index (κ2) is 7.00. The van der Waals surface area contributed by atoms with Gasteiger partial charge in [-0.15, -0.1) is 0 Å². The number of aryl methyl sites for hydroxylation is 2. The first-order valence-electron chi connectivity index (χ1n) is 8.33. The van der Waals surface area contributed by atoms with Gasteiger partial charge in [0.05, 0.1) is 0 Å². The summed E-state index contributed by atoms with van der Waals surface area (Å²) >= 11 is 3.37. The third kappa shape index (κ3) is 3.61. The van der Waals surface area contributed by atoms with Gasteiger partial charge >= 0.3 is 0 Å². The van der Waals surface area contributed by atoms with Crippen molar-refractivity contribution >= 4 is 33.4 Å². The fourth-order valence-electron chi connectivity index (χ4n) is 3.27. The number of anilines is 1. The van der Waals surface area contributed by atoms with Crippen molar-refractivity contribution in [1.29, 1.82) is 0 Å². The fraction of sp³-hybridized carbons (Fsp3) is 0.300. The quantitative estimate of drug-likeness (QED) is 0.765. The molecule has 0 bridgehead atoms. The molecule has 130 valence electrons. The number of carbonyl (C=O) groups excluding carboxylic acids is 2. The molecule has 5 heteroatoms. The Morgan fingerprint density at radius 2 is 1.64 bits per heavy atom. The Hall–Kier alpha value is -2.14. The van der Waals surface area contributed by atoms with Gasteiger partial charge < -0.3 is 9.80 Å². The molecule has 1 heterocycles. The fourth-order valence-corrected chi connectivity index (χ4v) is 3.53. The lowest BCUT2D eigenvalue weighted by Gasteiger charge is -2.39. The molecule has 25 heavy (non-hydrogen) atoms. The maximum Gasteiger partial charge on any atom is 0.254 e. The predicted molar refractivity (Wildman–Crippen MR) is 103 cm³/mol. The van der Waals surface area contributed by atoms with E-state index in [1.54, 1.807) is 28.9 Å². The van der Waals surface area contributed by atoms with Crippen molar-refractivity contribution < 1.29 is 9.59 Å². The minimum atomic E-state index is -0.481. The van der Waals surface area contributed by atoms with Gasteiger partial charge in [-0.05, 0) is 68.3 Å². The van der Waals surface area contributed by atoms with E-state index in [-0.39, 0.29) is 11.8 Å². The summed E-state index contributed by atoms with van der Waals surface area (Å²) in [4.78, 5) is 29.1. The first-order chi connectivity index (χ1) is 11.9. The molecule has 1 fully saturated rings. The first kappa shape index (κ1) is 17.7. The maximum absolute atomic E-state index is 12.9. The number of amides is 2. The highest BCUT2D eigenvalue weighted by Crippen LogP contribution is 2.24. The molecular weight excluding hydrogens is 380 g/mol. The van der Waals surface area contributed by atoms with Crippen molar-refractivity contribution in [3.63, 3.8) is 0 Å². The van der Waals surface area contributed by atoms with Crippen LogP contribution in [-0.4, -0.2) is 35.8 Å². The minimum absolute atomic E-state index is 0.0401. The van der Waals surface area contributed by atoms with Crippen LogP contribution >= 0.6 is 15.9 Å². The van der Waals surface area contributed by atoms with E-state index in [4.69, 9.17) is 0 Å². The minimum Gasteiger partial charge on any atom is -0.325 e. The number of carbonyl (C=O) groups is 2. The van der Waals surface area contributed by atoms with E-state index in [1.165, 1.54) is 0 Å². The average Bonchev–Trinajstić information content (AvgIpc) is 2.56. The standard InChI is InChI=1S/C20H21BrN2O2/c1-13-10-14(2)12-18(11-13)23-9-8-22(15(3)19(23)24)20(25)16-4-6-17(21)7-5-16/h4-7,10-12,15H,8-9H2,1-3H3/t15-/m1/s1. The zero-order valence-corrected chi connectivity index (χ0v) is 16.2. The molecule has 3 rings (SSSR count). The van der Waals surface area contributed by atoms with Gasteiger partial charge in [-0.2, -0.15) is 0 Å². The summed E-state index contributed by atoms with van der Waals surface area (Å²) in [7, 11) is 0. The lowest BCUT2D eigenvalue weighted by atomic mass is 10.1. The second-order valence-corrected chi connectivity index (χ2v) is 7.43. The van der Waals surface area contributed by atoms with Crippen LogP contribution in [0.25, 0.3) is 0 Å². The number of piperazine rings is 1. The summed E-state index contributed by atoms with van der Waals surface area (Å²) in [6.07, 6.45) is 0. The van der Waals surface area contributed by atoms with E-state index in [1.807, 2.05) is 38.1 Å². The lowest BCUT2D eigenvalue weighted by Crippen LogP contribution is -2.57. The van der Waals surface area contributed by atoms with E-state index in [9.17, 15) is 9.59 Å². The van der Waals surface area contributed by atoms with Crippen LogP contribution in [0.4, 0.5) is 5.69 Å². The number of hydrogen-bond donors (Lipinski definition) is 0. The number of benzene rings is 2. The van der Waals surface area contributed by atoms with Gasteiger partial charge in [-0.3, -0.25) is 9.59 Å². The molecule has 0 aliphatic carbocycles. The van der Waals surface area contributed by atoms with Gasteiger partial charge in [0.2, 0.25) is 5.91 Å². The monoisotopic (exact) mass is 400 g/mol. The highest BCUT2D eigenvalue weighted by Gasteiger charge is 2.35. The Morgan fingerprint density at radius 3 is 2.24 bits per heavy atom. The molecule has 1 aliphatic heterocycles. The summed E-state index contributed by atoms with van der Waals surface area (Å²) in [6, 6.07) is 12.9. The molecule has 0 spiro atoms. The predicted octanol–water partition coefficient (Wildman–Crippen LogP) is 3.94. The Labute approximate surface area is 156 Å². The van der Waals surface area contributed by atoms with Crippen molar-refractivity contribution in [2.24, 2.45) is 0 Å². The van der Waals surface area contributed by atoms with Crippen molar-refractivity contribution in [2.45, 2.75) is 26.8 Å². The van der Waals surface area contributed by atoms with E-state index >= 15 is 0 Å². The van der Waals surface area contributed by atoms with Crippen LogP contribution in [0.3, 0.4) is 0 Å². The van der Waals surface area contributed by atoms with Gasteiger partial charge in [0, 0.05) is 28.8 Å². The zero-order chi connectivity index (χ0) is 18.1. The zero-order valence-electron chi connectivity index (χ0n) is 14.6. The molecular formula is C20H21BrN2O2. The van der Waals surface area contributed by atoms with Crippen LogP contribution in [0.5, 0.6) is 0 Å². The molecule has 0 saturated carbocycles. The van der Waals surface area contributed by atoms with Gasteiger partial charge in [0.25, 0.3) is 5.91 Å². The summed E-state index contributed by atoms with van der Waals surface area (Å²) in [6.45, 7) is 6.88. The van der Waals surface area contributed by atoms with Crippen LogP contribution < -0.4 is 4.90 Å². The first-order valence-corrected chi connectivity index (χ1v) is 9.12. The normalized spacial score (nSPS) is 17.8. The summed E-state index contributed by atoms with van der Waals surface area (Å²) in [5, 5.41) is 0. The molecule has 1 atom stereocenters. The second-order valence-electron chi connectivity index (χ2n) is 6.52. The van der Waals surface area contributed by atoms with Crippen molar-refractivity contribution in [3.8, 4) is 0 Å². The molecule has 1 aliphatic rings. The smallest absolute Gasteiger partial charge is 0.254 e. The summed E-state index contributed by atoms with van der Waals surface area (Å²) in [5.74, 6) is -0.143. The van der Waals surface area contributed by atoms with Crippen LogP contribution in [-0.2, 0) is 4.79 Å². The van der Waals surface area contributed by atoms with Crippen LogP contribution in [0.1, 0.15) is 28.4 Å². The van der Waals surface area contributed by atoms with Crippen molar-refractivity contribution in [2.75, 3.05) is 18.0 Å². The molecule has 0 unspecified atom stereocenters. The highest BCUT2D eigenvalue weighted by molar-refractivity contribution is 9.10. The summed E-state index contributed by atoms with van der Waals surface area (Å²) in [5.41, 5.74) is 3.76. The molecule has 4 nitrogen and oxygen atoms in total. The molecule has 2 aromatic carbocycles. The van der Waals surface area contributed by atoms with E-state index < -0.39 is 6.04 Å². The molecule has 1 saturated heterocycles. The lowest BCUT2D eigenvalue weighted by molar-refractivity contribution is -0.124. The van der Waals surface area contributed by atoms with Crippen LogP contribution in [0.15, 0.2) is 46.9 Å². The van der Waals surface area contributed by atoms with Crippen LogP contribution in [0, 0.1) is 13.8 Å². The topological polar surface area (TPSA) is 40.6 Å². The van der Waals surface area contributed by atoms with Gasteiger partial charge in [0.15, 0.2) is 0 Å². The van der Waals surface area contributed by atoms with E-state index in [2.05, 4.69) is 22.0 Å². The van der Waals surface area contributed by atoms with Crippen molar-refractivity contribution in [3.05, 3.63) is 63.6 Å². The molecule has 0 N–H and O–H groups in total. The van der Waals surface area contributed by atoms with Gasteiger partial charge in [-0.1, -0.05) is 22.0 Å². The molecule has 0 aromatic heterocycles. The Balaban J connectivity index is 1.81. The Kier molecular flexibility index (Phi) is 4.95. The van der Waals surface area contributed by atoms with E-state index in [0.717, 1.165) is 21.3 Å². The highest BCUT2D eigenvalue weighted by atomic mass is 79.9. The van der Waals surface area contributed by atoms with Crippen molar-refractivity contribution in [1.82, 2.24) is 4.90 Å². The Bertz CT molecular complexity index is 797. The average molecular weight is 401 g/mol. The van der Waals surface area contributed by atoms with E-state index in [0.29, 0.717) is 18.7 Å². The SMILES string of the molecule is Cc1cc(C)cc(N2CCN(C(=O)c3ccc(Br)cc3)[C@H](C)C2=O)c1. The largest absolute Gasteiger partial charge is 0.325 e. The summed E-state index contributed by atoms with van der Waals surface area (Å²) < 4.78 is 0.924. The number of hydrogen-bond acceptors (Lipinski definition) is 2. The number of nitrogens with zero attached hydrogens (tertiary/aromatic N) is 2. The number of rotatable bonds is 2.